The van der Waals surface area contributed by atoms with E-state index in [1.807, 2.05) is 17.8 Å². The SMILES string of the molecule is C1=CCSC=C1.[Al].[Ti].[V]. The van der Waals surface area contributed by atoms with Crippen LogP contribution in [-0.4, -0.2) is 23.1 Å². The summed E-state index contributed by atoms with van der Waals surface area (Å²) < 4.78 is 0. The Balaban J connectivity index is -0.000000120. The van der Waals surface area contributed by atoms with Gasteiger partial charge in [-0.1, -0.05) is 18.2 Å². The van der Waals surface area contributed by atoms with Crippen LogP contribution in [-0.2, 0) is 40.3 Å². The van der Waals surface area contributed by atoms with Gasteiger partial charge in [0.1, 0.15) is 0 Å². The van der Waals surface area contributed by atoms with Gasteiger partial charge in [-0.3, -0.25) is 0 Å². The first-order valence-corrected chi connectivity index (χ1v) is 2.98. The second-order valence-electron chi connectivity index (χ2n) is 1.09. The van der Waals surface area contributed by atoms with Gasteiger partial charge in [-0.25, -0.2) is 0 Å². The monoisotopic (exact) mass is 224 g/mol. The summed E-state index contributed by atoms with van der Waals surface area (Å²) >= 11 is 1.83. The van der Waals surface area contributed by atoms with Crippen molar-refractivity contribution in [3.05, 3.63) is 23.6 Å². The second-order valence-corrected chi connectivity index (χ2v) is 2.03. The van der Waals surface area contributed by atoms with Gasteiger partial charge in [0, 0.05) is 63.4 Å². The molecule has 0 aromatic carbocycles. The summed E-state index contributed by atoms with van der Waals surface area (Å²) in [6.45, 7) is 0. The summed E-state index contributed by atoms with van der Waals surface area (Å²) in [7, 11) is 0. The van der Waals surface area contributed by atoms with Crippen LogP contribution in [0.1, 0.15) is 0 Å². The quantitative estimate of drug-likeness (QED) is 0.560. The van der Waals surface area contributed by atoms with Crippen LogP contribution in [0.4, 0.5) is 0 Å². The van der Waals surface area contributed by atoms with Crippen molar-refractivity contribution in [3.8, 4) is 0 Å². The number of thioether (sulfide) groups is 1. The molecule has 0 N–H and O–H groups in total. The zero-order valence-electron chi connectivity index (χ0n) is 4.95. The van der Waals surface area contributed by atoms with E-state index in [4.69, 9.17) is 0 Å². The molecule has 0 spiro atoms. The van der Waals surface area contributed by atoms with Gasteiger partial charge in [-0.2, -0.15) is 0 Å². The molecule has 0 aliphatic carbocycles. The van der Waals surface area contributed by atoms with Gasteiger partial charge >= 0.3 is 0 Å². The minimum absolute atomic E-state index is 0. The minimum atomic E-state index is 0. The molecule has 0 aromatic heterocycles. The number of hydrogen-bond acceptors (Lipinski definition) is 1. The van der Waals surface area contributed by atoms with Crippen LogP contribution in [0, 0.1) is 0 Å². The third kappa shape index (κ3) is 9.66. The van der Waals surface area contributed by atoms with Crippen molar-refractivity contribution in [3.63, 3.8) is 0 Å². The van der Waals surface area contributed by atoms with Gasteiger partial charge in [-0.15, -0.1) is 11.8 Å². The summed E-state index contributed by atoms with van der Waals surface area (Å²) in [6.07, 6.45) is 6.26. The summed E-state index contributed by atoms with van der Waals surface area (Å²) in [5.41, 5.74) is 0. The van der Waals surface area contributed by atoms with E-state index in [9.17, 15) is 0 Å². The van der Waals surface area contributed by atoms with Gasteiger partial charge in [0.2, 0.25) is 0 Å². The first-order chi connectivity index (χ1) is 3.00. The van der Waals surface area contributed by atoms with Crippen molar-refractivity contribution in [1.29, 1.82) is 0 Å². The Kier molecular flexibility index (Phi) is 23.3. The molecule has 0 aromatic rings. The van der Waals surface area contributed by atoms with E-state index in [-0.39, 0.29) is 57.6 Å². The van der Waals surface area contributed by atoms with Crippen LogP contribution in [0.25, 0.3) is 0 Å². The molecule has 1 aliphatic heterocycles. The topological polar surface area (TPSA) is 0 Å². The molecule has 0 saturated carbocycles. The van der Waals surface area contributed by atoms with E-state index in [1.165, 1.54) is 0 Å². The minimum Gasteiger partial charge on any atom is -0.130 e. The Morgan fingerprint density at radius 3 is 2.00 bits per heavy atom. The van der Waals surface area contributed by atoms with Gasteiger partial charge in [-0.05, 0) is 5.41 Å². The molecule has 0 bridgehead atoms. The molecule has 0 nitrogen and oxygen atoms in total. The van der Waals surface area contributed by atoms with Crippen molar-refractivity contribution >= 4 is 29.1 Å². The Hall–Kier alpha value is 1.66. The molecule has 4 heteroatoms. The molecule has 44 valence electrons. The smallest absolute Gasteiger partial charge is 0.0157 e. The predicted octanol–water partition coefficient (Wildman–Crippen LogP) is 1.42. The second kappa shape index (κ2) is 12.3. The average molecular weight is 224 g/mol. The Labute approximate surface area is 97.8 Å². The molecular formula is C5H6AlSTiV. The molecule has 0 amide bonds. The molecular weight excluding hydrogens is 218 g/mol. The molecule has 0 atom stereocenters. The third-order valence-electron chi connectivity index (χ3n) is 0.614. The summed E-state index contributed by atoms with van der Waals surface area (Å²) in [4.78, 5) is 0. The van der Waals surface area contributed by atoms with Crippen molar-refractivity contribution in [2.75, 3.05) is 5.75 Å². The number of hydrogen-bond donors (Lipinski definition) is 0. The first kappa shape index (κ1) is 17.0. The van der Waals surface area contributed by atoms with Crippen LogP contribution in [0.15, 0.2) is 23.6 Å². The van der Waals surface area contributed by atoms with E-state index < -0.39 is 0 Å². The van der Waals surface area contributed by atoms with Crippen LogP contribution in [0.3, 0.4) is 0 Å². The fourth-order valence-electron chi connectivity index (χ4n) is 0.346. The van der Waals surface area contributed by atoms with Crippen molar-refractivity contribution in [1.82, 2.24) is 0 Å². The van der Waals surface area contributed by atoms with Crippen LogP contribution >= 0.6 is 11.8 Å². The Bertz CT molecular complexity index is 83.0. The number of rotatable bonds is 0. The maximum absolute atomic E-state index is 2.14. The van der Waals surface area contributed by atoms with Crippen molar-refractivity contribution < 1.29 is 40.3 Å². The van der Waals surface area contributed by atoms with Crippen molar-refractivity contribution in [2.24, 2.45) is 0 Å². The molecule has 1 heterocycles. The van der Waals surface area contributed by atoms with Crippen molar-refractivity contribution in [2.45, 2.75) is 0 Å². The predicted molar refractivity (Wildman–Crippen MR) is 36.5 cm³/mol. The normalized spacial score (nSPS) is 12.4. The van der Waals surface area contributed by atoms with Crippen LogP contribution < -0.4 is 0 Å². The first-order valence-electron chi connectivity index (χ1n) is 1.93. The third-order valence-corrected chi connectivity index (χ3v) is 1.35. The zero-order chi connectivity index (χ0) is 4.24. The molecule has 4 radical (unpaired) electrons. The summed E-state index contributed by atoms with van der Waals surface area (Å²) in [6, 6.07) is 0. The van der Waals surface area contributed by atoms with Gasteiger partial charge < -0.3 is 0 Å². The molecule has 0 unspecified atom stereocenters. The van der Waals surface area contributed by atoms with Gasteiger partial charge in [0.15, 0.2) is 0 Å². The standard InChI is InChI=1S/C5H6S.Al.Ti.V/c1-2-4-6-5-3-1;;;/h1-4H,5H2;;;. The van der Waals surface area contributed by atoms with Gasteiger partial charge in [0.05, 0.1) is 0 Å². The summed E-state index contributed by atoms with van der Waals surface area (Å²) in [5, 5.41) is 2.10. The molecule has 1 rings (SSSR count). The molecule has 0 fully saturated rings. The van der Waals surface area contributed by atoms with E-state index in [1.54, 1.807) is 0 Å². The number of allylic oxidation sites excluding steroid dienone is 2. The van der Waals surface area contributed by atoms with Crippen LogP contribution in [0.5, 0.6) is 0 Å². The summed E-state index contributed by atoms with van der Waals surface area (Å²) in [5.74, 6) is 1.15. The Morgan fingerprint density at radius 2 is 1.89 bits per heavy atom. The largest absolute Gasteiger partial charge is 0.130 e. The maximum Gasteiger partial charge on any atom is 0.0157 e. The van der Waals surface area contributed by atoms with E-state index in [0.29, 0.717) is 0 Å². The van der Waals surface area contributed by atoms with E-state index >= 15 is 0 Å². The fraction of sp³-hybridized carbons (Fsp3) is 0.200. The van der Waals surface area contributed by atoms with E-state index in [2.05, 4.69) is 17.6 Å². The van der Waals surface area contributed by atoms with Crippen LogP contribution in [0.2, 0.25) is 0 Å². The Morgan fingerprint density at radius 1 is 1.22 bits per heavy atom. The van der Waals surface area contributed by atoms with Gasteiger partial charge in [0.25, 0.3) is 0 Å². The van der Waals surface area contributed by atoms with E-state index in [0.717, 1.165) is 5.75 Å². The average Bonchev–Trinajstić information content (AvgIpc) is 1.72. The molecule has 1 aliphatic rings. The maximum atomic E-state index is 2.14. The molecule has 0 saturated heterocycles. The zero-order valence-corrected chi connectivity index (χ0v) is 9.88. The fourth-order valence-corrected chi connectivity index (χ4v) is 0.881. The molecule has 9 heavy (non-hydrogen) atoms.